The van der Waals surface area contributed by atoms with Gasteiger partial charge in [-0.1, -0.05) is 49.7 Å². The second-order valence-corrected chi connectivity index (χ2v) is 12.5. The molecule has 4 amide bonds. The Bertz CT molecular complexity index is 1350. The number of alkyl halides is 3. The lowest BCUT2D eigenvalue weighted by atomic mass is 9.80. The zero-order chi connectivity index (χ0) is 28.8. The summed E-state index contributed by atoms with van der Waals surface area (Å²) in [5, 5.41) is 5.58. The number of benzene rings is 1. The van der Waals surface area contributed by atoms with E-state index in [9.17, 15) is 32.3 Å². The Hall–Kier alpha value is -3.62. The molecule has 0 radical (unpaired) electrons. The fourth-order valence-corrected chi connectivity index (χ4v) is 7.30. The fraction of sp³-hybridized carbons (Fsp3) is 0.607. The highest BCUT2D eigenvalue weighted by molar-refractivity contribution is 6.07. The second kappa shape index (κ2) is 8.69. The quantitative estimate of drug-likeness (QED) is 0.580. The summed E-state index contributed by atoms with van der Waals surface area (Å²) in [6.07, 6.45) is -3.75. The molecule has 1 aromatic rings. The highest BCUT2D eigenvalue weighted by atomic mass is 19.4. The van der Waals surface area contributed by atoms with Crippen LogP contribution < -0.4 is 10.6 Å². The molecule has 12 heteroatoms. The van der Waals surface area contributed by atoms with E-state index in [4.69, 9.17) is 6.57 Å². The Balaban J connectivity index is 1.26. The minimum absolute atomic E-state index is 0.00305. The van der Waals surface area contributed by atoms with E-state index in [0.717, 1.165) is 18.4 Å². The molecule has 6 rings (SSSR count). The lowest BCUT2D eigenvalue weighted by molar-refractivity contribution is -0.188. The van der Waals surface area contributed by atoms with Crippen LogP contribution in [0.1, 0.15) is 45.1 Å². The number of piperidine rings is 1. The molecule has 0 unspecified atom stereocenters. The van der Waals surface area contributed by atoms with Crippen LogP contribution in [0.5, 0.6) is 0 Å². The van der Waals surface area contributed by atoms with Gasteiger partial charge in [0.1, 0.15) is 17.5 Å². The number of nitrogens with one attached hydrogen (secondary N) is 2. The van der Waals surface area contributed by atoms with Crippen LogP contribution in [0.2, 0.25) is 0 Å². The Morgan fingerprint density at radius 3 is 2.55 bits per heavy atom. The maximum atomic E-state index is 14.0. The largest absolute Gasteiger partial charge is 0.471 e. The van der Waals surface area contributed by atoms with E-state index in [-0.39, 0.29) is 37.3 Å². The number of amides is 4. The van der Waals surface area contributed by atoms with Crippen LogP contribution >= 0.6 is 0 Å². The van der Waals surface area contributed by atoms with Gasteiger partial charge in [0.2, 0.25) is 11.8 Å². The van der Waals surface area contributed by atoms with Gasteiger partial charge >= 0.3 is 18.2 Å². The first-order chi connectivity index (χ1) is 18.8. The maximum Gasteiger partial charge on any atom is 0.471 e. The molecule has 40 heavy (non-hydrogen) atoms. The van der Waals surface area contributed by atoms with E-state index >= 15 is 0 Å². The van der Waals surface area contributed by atoms with Gasteiger partial charge in [-0.25, -0.2) is 0 Å². The Morgan fingerprint density at radius 1 is 1.20 bits per heavy atom. The van der Waals surface area contributed by atoms with Crippen molar-refractivity contribution in [3.05, 3.63) is 34.7 Å². The molecule has 0 aromatic heterocycles. The molecule has 3 aliphatic heterocycles. The standard InChI is InChI=1S/C28H30F3N5O4/c1-26(2)16-12-35(25(40)28(29,30)31)21(20(16)26)22(37)33-18(10-14-8-9-14)23(38)36-13-27(11-19(36)32-3)15-6-4-5-7-17(15)34-24(27)39/h3-7,14,16,18-21H,8-13H2,1-2H3,(H-,33,34,37,39)/p+1/t16-,18-,19-,20-,21-,27-/m0/s1. The molecule has 6 atom stereocenters. The van der Waals surface area contributed by atoms with Crippen LogP contribution in [-0.4, -0.2) is 70.9 Å². The summed E-state index contributed by atoms with van der Waals surface area (Å²) < 4.78 is 40.1. The number of hydrogen-bond donors (Lipinski definition) is 2. The summed E-state index contributed by atoms with van der Waals surface area (Å²) in [5.74, 6) is -4.07. The molecule has 212 valence electrons. The molecular formula is C28H31F3N5O4+. The number of para-hydroxylation sites is 1. The van der Waals surface area contributed by atoms with E-state index in [2.05, 4.69) is 15.5 Å². The average Bonchev–Trinajstić information content (AvgIpc) is 3.61. The zero-order valence-corrected chi connectivity index (χ0v) is 22.2. The second-order valence-electron chi connectivity index (χ2n) is 12.5. The summed E-state index contributed by atoms with van der Waals surface area (Å²) >= 11 is 0. The lowest BCUT2D eigenvalue weighted by Gasteiger charge is -2.32. The van der Waals surface area contributed by atoms with Gasteiger partial charge in [0, 0.05) is 18.8 Å². The molecule has 2 saturated carbocycles. The molecule has 9 nitrogen and oxygen atoms in total. The maximum absolute atomic E-state index is 14.0. The van der Waals surface area contributed by atoms with Gasteiger partial charge in [-0.05, 0) is 41.2 Å². The highest BCUT2D eigenvalue weighted by Crippen LogP contribution is 2.65. The van der Waals surface area contributed by atoms with E-state index in [1.165, 1.54) is 4.90 Å². The van der Waals surface area contributed by atoms with Crippen molar-refractivity contribution in [1.82, 2.24) is 15.1 Å². The Labute approximate surface area is 229 Å². The normalized spacial score (nSPS) is 32.2. The first-order valence-corrected chi connectivity index (χ1v) is 13.6. The molecule has 1 aromatic carbocycles. The van der Waals surface area contributed by atoms with Crippen molar-refractivity contribution >= 4 is 29.3 Å². The van der Waals surface area contributed by atoms with Gasteiger partial charge in [0.05, 0.1) is 6.42 Å². The number of carbonyl (C=O) groups excluding carboxylic acids is 4. The van der Waals surface area contributed by atoms with Crippen molar-refractivity contribution in [3.8, 4) is 6.57 Å². The molecule has 0 bridgehead atoms. The lowest BCUT2D eigenvalue weighted by Crippen LogP contribution is -2.57. The summed E-state index contributed by atoms with van der Waals surface area (Å²) in [6.45, 7) is 9.27. The topological polar surface area (TPSA) is 103 Å². The van der Waals surface area contributed by atoms with Crippen molar-refractivity contribution in [1.29, 1.82) is 0 Å². The van der Waals surface area contributed by atoms with Gasteiger partial charge in [-0.15, -0.1) is 0 Å². The van der Waals surface area contributed by atoms with Crippen molar-refractivity contribution < 1.29 is 32.3 Å². The number of hydrogen-bond acceptors (Lipinski definition) is 4. The van der Waals surface area contributed by atoms with Gasteiger partial charge in [-0.3, -0.25) is 24.1 Å². The van der Waals surface area contributed by atoms with Crippen molar-refractivity contribution in [3.63, 3.8) is 0 Å². The van der Waals surface area contributed by atoms with Gasteiger partial charge in [-0.2, -0.15) is 13.2 Å². The smallest absolute Gasteiger partial charge is 0.342 e. The Kier molecular flexibility index (Phi) is 5.78. The molecule has 5 aliphatic rings. The monoisotopic (exact) mass is 558 g/mol. The van der Waals surface area contributed by atoms with Crippen molar-refractivity contribution in [2.24, 2.45) is 23.2 Å². The van der Waals surface area contributed by atoms with E-state index in [1.54, 1.807) is 18.2 Å². The molecule has 2 saturated heterocycles. The Morgan fingerprint density at radius 2 is 1.90 bits per heavy atom. The van der Waals surface area contributed by atoms with Crippen LogP contribution in [0.3, 0.4) is 0 Å². The first-order valence-electron chi connectivity index (χ1n) is 13.6. The molecule has 2 aliphatic carbocycles. The molecule has 2 N–H and O–H groups in total. The van der Waals surface area contributed by atoms with Crippen LogP contribution in [0.4, 0.5) is 18.9 Å². The third kappa shape index (κ3) is 3.96. The summed E-state index contributed by atoms with van der Waals surface area (Å²) in [6, 6.07) is 4.82. The van der Waals surface area contributed by atoms with Crippen LogP contribution in [0, 0.1) is 29.7 Å². The van der Waals surface area contributed by atoms with Crippen LogP contribution in [0.25, 0.3) is 4.85 Å². The third-order valence-corrected chi connectivity index (χ3v) is 9.77. The van der Waals surface area contributed by atoms with E-state index < -0.39 is 58.9 Å². The summed E-state index contributed by atoms with van der Waals surface area (Å²) in [7, 11) is 0. The summed E-state index contributed by atoms with van der Waals surface area (Å²) in [5.41, 5.74) is -0.0617. The molecule has 3 heterocycles. The number of carbonyl (C=O) groups is 4. The molecule has 4 fully saturated rings. The number of rotatable bonds is 5. The molecular weight excluding hydrogens is 527 g/mol. The number of likely N-dealkylation sites (tertiary alicyclic amines) is 2. The average molecular weight is 559 g/mol. The highest BCUT2D eigenvalue weighted by Gasteiger charge is 2.71. The van der Waals surface area contributed by atoms with Crippen molar-refractivity contribution in [2.45, 2.75) is 69.4 Å². The first kappa shape index (κ1) is 26.6. The van der Waals surface area contributed by atoms with Gasteiger partial charge in [0.15, 0.2) is 0 Å². The number of halogens is 3. The minimum Gasteiger partial charge on any atom is -0.342 e. The SMILES string of the molecule is C#[N+][C@@H]1C[C@@]2(CN1C(=O)[C@H](CC1CC1)NC(=O)[C@@H]1[C@@H]3[C@H](CN1C(=O)C(F)(F)F)C3(C)C)C(=O)Nc1ccccc12. The van der Waals surface area contributed by atoms with Crippen molar-refractivity contribution in [2.75, 3.05) is 18.4 Å². The molecule has 1 spiro atoms. The number of fused-ring (bicyclic) bond motifs is 3. The van der Waals surface area contributed by atoms with E-state index in [1.807, 2.05) is 19.9 Å². The summed E-state index contributed by atoms with van der Waals surface area (Å²) in [4.78, 5) is 58.8. The number of anilines is 1. The van der Waals surface area contributed by atoms with Crippen LogP contribution in [0.15, 0.2) is 24.3 Å². The fourth-order valence-electron chi connectivity index (χ4n) is 7.30. The third-order valence-electron chi connectivity index (χ3n) is 9.77. The minimum atomic E-state index is -5.11. The zero-order valence-electron chi connectivity index (χ0n) is 22.2. The van der Waals surface area contributed by atoms with Gasteiger partial charge < -0.3 is 15.5 Å². The number of nitrogens with zero attached hydrogens (tertiary/aromatic N) is 3. The van der Waals surface area contributed by atoms with E-state index in [0.29, 0.717) is 17.0 Å². The van der Waals surface area contributed by atoms with Crippen LogP contribution in [-0.2, 0) is 24.6 Å². The van der Waals surface area contributed by atoms with Gasteiger partial charge in [0.25, 0.3) is 12.5 Å². The predicted octanol–water partition coefficient (Wildman–Crippen LogP) is 2.73. The predicted molar refractivity (Wildman–Crippen MR) is 137 cm³/mol.